The lowest BCUT2D eigenvalue weighted by Crippen LogP contribution is -2.33. The van der Waals surface area contributed by atoms with Crippen molar-refractivity contribution < 1.29 is 9.59 Å². The molecule has 0 spiro atoms. The Hall–Kier alpha value is -2.32. The lowest BCUT2D eigenvalue weighted by atomic mass is 10.2. The van der Waals surface area contributed by atoms with E-state index in [0.717, 1.165) is 57.7 Å². The molecule has 0 aromatic heterocycles. The zero-order chi connectivity index (χ0) is 23.1. The second kappa shape index (κ2) is 15.5. The van der Waals surface area contributed by atoms with Crippen LogP contribution in [0.25, 0.3) is 0 Å². The maximum Gasteiger partial charge on any atom is 0.319 e. The van der Waals surface area contributed by atoms with E-state index in [1.807, 2.05) is 19.1 Å². The molecule has 8 nitrogen and oxygen atoms in total. The molecule has 0 saturated heterocycles. The lowest BCUT2D eigenvalue weighted by Gasteiger charge is -2.18. The maximum absolute atomic E-state index is 12.2. The highest BCUT2D eigenvalue weighted by molar-refractivity contribution is 5.93. The van der Waals surface area contributed by atoms with Crippen LogP contribution in [0.4, 0.5) is 21.0 Å². The van der Waals surface area contributed by atoms with Crippen LogP contribution in [0.1, 0.15) is 46.1 Å². The van der Waals surface area contributed by atoms with Gasteiger partial charge in [-0.2, -0.15) is 0 Å². The Morgan fingerprint density at radius 1 is 0.774 bits per heavy atom. The third-order valence-corrected chi connectivity index (χ3v) is 5.41. The molecule has 0 aliphatic heterocycles. The Kier molecular flexibility index (Phi) is 13.3. The molecule has 0 fully saturated rings. The van der Waals surface area contributed by atoms with Gasteiger partial charge in [-0.1, -0.05) is 33.8 Å². The second-order valence-corrected chi connectivity index (χ2v) is 7.55. The van der Waals surface area contributed by atoms with Crippen molar-refractivity contribution in [2.24, 2.45) is 0 Å². The molecule has 1 aromatic rings. The summed E-state index contributed by atoms with van der Waals surface area (Å²) >= 11 is 0. The molecule has 0 aliphatic rings. The molecule has 4 N–H and O–H groups in total. The van der Waals surface area contributed by atoms with Gasteiger partial charge < -0.3 is 31.1 Å². The normalized spacial score (nSPS) is 10.9. The molecule has 0 heterocycles. The fourth-order valence-electron chi connectivity index (χ4n) is 3.27. The minimum atomic E-state index is -0.241. The van der Waals surface area contributed by atoms with Crippen molar-refractivity contribution in [3.8, 4) is 0 Å². The number of amides is 4. The van der Waals surface area contributed by atoms with Crippen molar-refractivity contribution in [2.45, 2.75) is 47.5 Å². The number of benzene rings is 1. The molecule has 0 aliphatic carbocycles. The Labute approximate surface area is 188 Å². The third-order valence-electron chi connectivity index (χ3n) is 5.41. The molecule has 0 saturated carbocycles. The summed E-state index contributed by atoms with van der Waals surface area (Å²) in [6.07, 6.45) is 1.81. The van der Waals surface area contributed by atoms with Crippen molar-refractivity contribution in [3.05, 3.63) is 23.8 Å². The predicted octanol–water partition coefficient (Wildman–Crippen LogP) is 3.70. The summed E-state index contributed by atoms with van der Waals surface area (Å²) in [5, 5.41) is 11.5. The summed E-state index contributed by atoms with van der Waals surface area (Å²) in [5.41, 5.74) is 2.26. The van der Waals surface area contributed by atoms with Gasteiger partial charge in [-0.25, -0.2) is 9.59 Å². The summed E-state index contributed by atoms with van der Waals surface area (Å²) in [4.78, 5) is 29.0. The van der Waals surface area contributed by atoms with E-state index in [9.17, 15) is 9.59 Å². The highest BCUT2D eigenvalue weighted by Gasteiger charge is 2.08. The molecular weight excluding hydrogens is 392 g/mol. The largest absolute Gasteiger partial charge is 0.338 e. The molecule has 0 unspecified atom stereocenters. The number of carbonyl (C=O) groups is 2. The van der Waals surface area contributed by atoms with Gasteiger partial charge in [0.15, 0.2) is 0 Å². The van der Waals surface area contributed by atoms with Gasteiger partial charge in [0.05, 0.1) is 0 Å². The number of anilines is 2. The molecule has 31 heavy (non-hydrogen) atoms. The number of hydrogen-bond donors (Lipinski definition) is 4. The predicted molar refractivity (Wildman–Crippen MR) is 130 cm³/mol. The summed E-state index contributed by atoms with van der Waals surface area (Å²) in [5.74, 6) is 0. The fraction of sp³-hybridized carbons (Fsp3) is 0.652. The molecule has 176 valence electrons. The van der Waals surface area contributed by atoms with Crippen molar-refractivity contribution in [1.29, 1.82) is 0 Å². The molecule has 0 atom stereocenters. The quantitative estimate of drug-likeness (QED) is 0.336. The van der Waals surface area contributed by atoms with Crippen LogP contribution in [0, 0.1) is 6.92 Å². The Bertz CT molecular complexity index is 659. The van der Waals surface area contributed by atoms with Crippen molar-refractivity contribution in [1.82, 2.24) is 20.4 Å². The van der Waals surface area contributed by atoms with Crippen LogP contribution in [-0.4, -0.2) is 74.2 Å². The van der Waals surface area contributed by atoms with Crippen LogP contribution in [0.2, 0.25) is 0 Å². The van der Waals surface area contributed by atoms with Gasteiger partial charge in [-0.05, 0) is 76.7 Å². The minimum absolute atomic E-state index is 0.236. The first-order valence-electron chi connectivity index (χ1n) is 11.6. The molecule has 4 amide bonds. The van der Waals surface area contributed by atoms with E-state index in [1.54, 1.807) is 6.07 Å². The summed E-state index contributed by atoms with van der Waals surface area (Å²) in [6.45, 7) is 17.7. The first-order valence-corrected chi connectivity index (χ1v) is 11.6. The molecule has 0 bridgehead atoms. The maximum atomic E-state index is 12.2. The van der Waals surface area contributed by atoms with Crippen LogP contribution >= 0.6 is 0 Å². The van der Waals surface area contributed by atoms with E-state index in [4.69, 9.17) is 0 Å². The number of hydrogen-bond acceptors (Lipinski definition) is 4. The van der Waals surface area contributed by atoms with Crippen LogP contribution in [-0.2, 0) is 0 Å². The van der Waals surface area contributed by atoms with Gasteiger partial charge in [-0.3, -0.25) is 0 Å². The highest BCUT2D eigenvalue weighted by atomic mass is 16.2. The van der Waals surface area contributed by atoms with E-state index >= 15 is 0 Å². The van der Waals surface area contributed by atoms with Gasteiger partial charge in [0, 0.05) is 24.5 Å². The van der Waals surface area contributed by atoms with Crippen LogP contribution in [0.5, 0.6) is 0 Å². The molecule has 0 radical (unpaired) electrons. The van der Waals surface area contributed by atoms with E-state index in [2.05, 4.69) is 58.8 Å². The second-order valence-electron chi connectivity index (χ2n) is 7.55. The average molecular weight is 435 g/mol. The monoisotopic (exact) mass is 434 g/mol. The standard InChI is InChI=1S/C23H42N6O2/c1-6-28(7-2)16-10-14-24-22(30)26-20-13-12-19(5)21(18-20)27-23(31)25-15-11-17-29(8-3)9-4/h12-13,18H,6-11,14-17H2,1-5H3,(H2,24,26,30)(H2,25,27,31). The van der Waals surface area contributed by atoms with E-state index < -0.39 is 0 Å². The molecule has 8 heteroatoms. The number of rotatable bonds is 14. The first-order chi connectivity index (χ1) is 14.9. The van der Waals surface area contributed by atoms with Gasteiger partial charge in [0.2, 0.25) is 0 Å². The van der Waals surface area contributed by atoms with Crippen molar-refractivity contribution >= 4 is 23.4 Å². The summed E-state index contributed by atoms with van der Waals surface area (Å²) < 4.78 is 0. The Balaban J connectivity index is 2.42. The van der Waals surface area contributed by atoms with Gasteiger partial charge in [0.25, 0.3) is 0 Å². The number of urea groups is 2. The average Bonchev–Trinajstić information content (AvgIpc) is 2.76. The number of nitrogens with one attached hydrogen (secondary N) is 4. The van der Waals surface area contributed by atoms with Gasteiger partial charge in [0.1, 0.15) is 0 Å². The van der Waals surface area contributed by atoms with Crippen molar-refractivity contribution in [2.75, 3.05) is 63.0 Å². The fourth-order valence-corrected chi connectivity index (χ4v) is 3.27. The molecule has 1 aromatic carbocycles. The SMILES string of the molecule is CCN(CC)CCCNC(=O)Nc1ccc(C)c(NC(=O)NCCCN(CC)CC)c1. The zero-order valence-corrected chi connectivity index (χ0v) is 20.0. The molecule has 1 rings (SSSR count). The third kappa shape index (κ3) is 11.0. The van der Waals surface area contributed by atoms with E-state index in [-0.39, 0.29) is 12.1 Å². The summed E-state index contributed by atoms with van der Waals surface area (Å²) in [6, 6.07) is 5.01. The Morgan fingerprint density at radius 3 is 1.74 bits per heavy atom. The smallest absolute Gasteiger partial charge is 0.319 e. The summed E-state index contributed by atoms with van der Waals surface area (Å²) in [7, 11) is 0. The number of carbonyl (C=O) groups excluding carboxylic acids is 2. The topological polar surface area (TPSA) is 88.7 Å². The number of nitrogens with zero attached hydrogens (tertiary/aromatic N) is 2. The van der Waals surface area contributed by atoms with Gasteiger partial charge >= 0.3 is 12.1 Å². The van der Waals surface area contributed by atoms with Crippen LogP contribution in [0.3, 0.4) is 0 Å². The zero-order valence-electron chi connectivity index (χ0n) is 20.0. The lowest BCUT2D eigenvalue weighted by molar-refractivity contribution is 0.249. The highest BCUT2D eigenvalue weighted by Crippen LogP contribution is 2.20. The minimum Gasteiger partial charge on any atom is -0.338 e. The Morgan fingerprint density at radius 2 is 1.26 bits per heavy atom. The van der Waals surface area contributed by atoms with Gasteiger partial charge in [-0.15, -0.1) is 0 Å². The van der Waals surface area contributed by atoms with E-state index in [0.29, 0.717) is 24.5 Å². The molecular formula is C23H42N6O2. The van der Waals surface area contributed by atoms with E-state index in [1.165, 1.54) is 0 Å². The number of aryl methyl sites for hydroxylation is 1. The van der Waals surface area contributed by atoms with Crippen LogP contribution in [0.15, 0.2) is 18.2 Å². The first kappa shape index (κ1) is 26.7. The van der Waals surface area contributed by atoms with Crippen LogP contribution < -0.4 is 21.3 Å². The van der Waals surface area contributed by atoms with Crippen molar-refractivity contribution in [3.63, 3.8) is 0 Å².